The number of methoxy groups -OCH3 is 1. The van der Waals surface area contributed by atoms with Gasteiger partial charge in [-0.05, 0) is 43.4 Å². The Balaban J connectivity index is 1.60. The Labute approximate surface area is 176 Å². The van der Waals surface area contributed by atoms with Crippen molar-refractivity contribution in [2.45, 2.75) is 63.3 Å². The van der Waals surface area contributed by atoms with Gasteiger partial charge in [-0.15, -0.1) is 0 Å². The van der Waals surface area contributed by atoms with Gasteiger partial charge >= 0.3 is 6.09 Å². The lowest BCUT2D eigenvalue weighted by Crippen LogP contribution is -2.58. The van der Waals surface area contributed by atoms with E-state index in [4.69, 9.17) is 9.84 Å². The van der Waals surface area contributed by atoms with E-state index in [1.165, 1.54) is 6.92 Å². The lowest BCUT2D eigenvalue weighted by Gasteiger charge is -2.41. The third-order valence-corrected chi connectivity index (χ3v) is 5.89. The van der Waals surface area contributed by atoms with Gasteiger partial charge in [-0.25, -0.2) is 4.79 Å². The molecule has 0 aromatic heterocycles. The molecule has 1 heterocycles. The van der Waals surface area contributed by atoms with Crippen LogP contribution in [0.25, 0.3) is 0 Å². The Hall–Kier alpha value is -2.81. The second-order valence-electron chi connectivity index (χ2n) is 7.94. The molecule has 1 saturated carbocycles. The van der Waals surface area contributed by atoms with Crippen molar-refractivity contribution in [3.05, 3.63) is 29.8 Å². The molecule has 0 spiro atoms. The third-order valence-electron chi connectivity index (χ3n) is 5.89. The molecule has 1 aliphatic carbocycles. The van der Waals surface area contributed by atoms with Crippen molar-refractivity contribution in [2.75, 3.05) is 13.7 Å². The Kier molecular flexibility index (Phi) is 7.15. The van der Waals surface area contributed by atoms with E-state index in [0.29, 0.717) is 25.9 Å². The van der Waals surface area contributed by atoms with Crippen LogP contribution in [0.2, 0.25) is 0 Å². The fraction of sp³-hybridized carbons (Fsp3) is 0.571. The summed E-state index contributed by atoms with van der Waals surface area (Å²) in [7, 11) is 1.64. The van der Waals surface area contributed by atoms with Crippen LogP contribution in [0, 0.1) is 0 Å². The molecule has 9 nitrogen and oxygen atoms in total. The van der Waals surface area contributed by atoms with Crippen molar-refractivity contribution in [1.29, 1.82) is 0 Å². The van der Waals surface area contributed by atoms with Crippen molar-refractivity contribution < 1.29 is 24.2 Å². The Morgan fingerprint density at radius 2 is 1.90 bits per heavy atom. The zero-order valence-corrected chi connectivity index (χ0v) is 17.4. The molecule has 4 atom stereocenters. The molecule has 164 valence electrons. The fourth-order valence-electron chi connectivity index (χ4n) is 4.45. The number of carbonyl (C=O) groups excluding carboxylic acids is 2. The maximum atomic E-state index is 12.7. The van der Waals surface area contributed by atoms with Crippen molar-refractivity contribution >= 4 is 17.9 Å². The number of rotatable bonds is 7. The van der Waals surface area contributed by atoms with E-state index in [1.54, 1.807) is 12.0 Å². The van der Waals surface area contributed by atoms with Crippen LogP contribution in [0.3, 0.4) is 0 Å². The van der Waals surface area contributed by atoms with Crippen LogP contribution in [-0.4, -0.2) is 65.7 Å². The molecule has 0 unspecified atom stereocenters. The van der Waals surface area contributed by atoms with E-state index in [-0.39, 0.29) is 29.9 Å². The Morgan fingerprint density at radius 1 is 1.17 bits per heavy atom. The van der Waals surface area contributed by atoms with E-state index in [1.807, 2.05) is 24.3 Å². The molecule has 2 aliphatic rings. The zero-order chi connectivity index (χ0) is 21.7. The van der Waals surface area contributed by atoms with Crippen LogP contribution in [0.15, 0.2) is 24.3 Å². The molecule has 3 amide bonds. The summed E-state index contributed by atoms with van der Waals surface area (Å²) in [4.78, 5) is 37.1. The van der Waals surface area contributed by atoms with Gasteiger partial charge in [0.1, 0.15) is 11.8 Å². The van der Waals surface area contributed by atoms with Crippen LogP contribution < -0.4 is 20.7 Å². The first-order valence-electron chi connectivity index (χ1n) is 10.3. The summed E-state index contributed by atoms with van der Waals surface area (Å²) in [5.74, 6) is 0.478. The van der Waals surface area contributed by atoms with Crippen LogP contribution in [0.1, 0.15) is 38.2 Å². The van der Waals surface area contributed by atoms with E-state index < -0.39 is 12.1 Å². The largest absolute Gasteiger partial charge is 0.497 e. The number of benzene rings is 1. The monoisotopic (exact) mass is 418 g/mol. The molecule has 30 heavy (non-hydrogen) atoms. The van der Waals surface area contributed by atoms with Gasteiger partial charge in [-0.2, -0.15) is 0 Å². The van der Waals surface area contributed by atoms with Crippen LogP contribution >= 0.6 is 0 Å². The molecule has 1 aliphatic heterocycles. The molecular formula is C21H30N4O5. The first-order valence-corrected chi connectivity index (χ1v) is 10.3. The number of carbonyl (C=O) groups is 3. The van der Waals surface area contributed by atoms with Crippen molar-refractivity contribution in [1.82, 2.24) is 20.9 Å². The average Bonchev–Trinajstić information content (AvgIpc) is 3.06. The van der Waals surface area contributed by atoms with Gasteiger partial charge in [-0.3, -0.25) is 9.59 Å². The van der Waals surface area contributed by atoms with Gasteiger partial charge in [0.25, 0.3) is 0 Å². The summed E-state index contributed by atoms with van der Waals surface area (Å²) in [6, 6.07) is 7.10. The van der Waals surface area contributed by atoms with Gasteiger partial charge in [0.05, 0.1) is 19.2 Å². The first-order chi connectivity index (χ1) is 14.4. The molecule has 0 radical (unpaired) electrons. The van der Waals surface area contributed by atoms with Gasteiger partial charge < -0.3 is 30.7 Å². The number of hydrogen-bond acceptors (Lipinski definition) is 5. The van der Waals surface area contributed by atoms with Crippen molar-refractivity contribution in [2.24, 2.45) is 0 Å². The second-order valence-corrected chi connectivity index (χ2v) is 7.94. The molecule has 1 aromatic rings. The minimum Gasteiger partial charge on any atom is -0.497 e. The topological polar surface area (TPSA) is 120 Å². The number of nitrogens with zero attached hydrogens (tertiary/aromatic N) is 1. The Morgan fingerprint density at radius 3 is 2.53 bits per heavy atom. The predicted molar refractivity (Wildman–Crippen MR) is 110 cm³/mol. The highest BCUT2D eigenvalue weighted by Gasteiger charge is 2.42. The molecule has 4 N–H and O–H groups in total. The number of amides is 3. The van der Waals surface area contributed by atoms with Crippen LogP contribution in [0.4, 0.5) is 4.79 Å². The van der Waals surface area contributed by atoms with Gasteiger partial charge in [0, 0.05) is 26.1 Å². The lowest BCUT2D eigenvalue weighted by atomic mass is 9.85. The van der Waals surface area contributed by atoms with Gasteiger partial charge in [0.15, 0.2) is 0 Å². The van der Waals surface area contributed by atoms with Gasteiger partial charge in [0.2, 0.25) is 11.8 Å². The molecular weight excluding hydrogens is 388 g/mol. The zero-order valence-electron chi connectivity index (χ0n) is 17.4. The molecule has 1 saturated heterocycles. The molecule has 2 fully saturated rings. The first kappa shape index (κ1) is 21.9. The average molecular weight is 418 g/mol. The van der Waals surface area contributed by atoms with Crippen molar-refractivity contribution in [3.8, 4) is 5.75 Å². The fourth-order valence-corrected chi connectivity index (χ4v) is 4.45. The number of nitrogens with one attached hydrogen (secondary N) is 3. The highest BCUT2D eigenvalue weighted by molar-refractivity contribution is 5.87. The highest BCUT2D eigenvalue weighted by atomic mass is 16.5. The maximum absolute atomic E-state index is 12.7. The van der Waals surface area contributed by atoms with Crippen LogP contribution in [0.5, 0.6) is 5.75 Å². The molecule has 1 aromatic carbocycles. The predicted octanol–water partition coefficient (Wildman–Crippen LogP) is 1.08. The summed E-state index contributed by atoms with van der Waals surface area (Å²) in [5, 5.41) is 17.8. The van der Waals surface area contributed by atoms with Crippen LogP contribution in [-0.2, 0) is 16.1 Å². The molecule has 3 rings (SSSR count). The van der Waals surface area contributed by atoms with E-state index in [2.05, 4.69) is 16.0 Å². The summed E-state index contributed by atoms with van der Waals surface area (Å²) in [6.07, 6.45) is 1.59. The normalized spacial score (nSPS) is 26.3. The minimum absolute atomic E-state index is 0.124. The smallest absolute Gasteiger partial charge is 0.405 e. The van der Waals surface area contributed by atoms with E-state index in [0.717, 1.165) is 24.2 Å². The number of hydrogen-bond donors (Lipinski definition) is 4. The number of ether oxygens (including phenoxy) is 1. The summed E-state index contributed by atoms with van der Waals surface area (Å²) in [6.45, 7) is 2.68. The highest BCUT2D eigenvalue weighted by Crippen LogP contribution is 2.28. The summed E-state index contributed by atoms with van der Waals surface area (Å²) < 4.78 is 5.18. The maximum Gasteiger partial charge on any atom is 0.405 e. The second kappa shape index (κ2) is 9.80. The lowest BCUT2D eigenvalue weighted by molar-refractivity contribution is -0.133. The molecule has 9 heteroatoms. The summed E-state index contributed by atoms with van der Waals surface area (Å²) in [5.41, 5.74) is 1.14. The van der Waals surface area contributed by atoms with Crippen molar-refractivity contribution in [3.63, 3.8) is 0 Å². The number of likely N-dealkylation sites (tertiary alicyclic amines) is 1. The summed E-state index contributed by atoms with van der Waals surface area (Å²) >= 11 is 0. The van der Waals surface area contributed by atoms with E-state index >= 15 is 0 Å². The Bertz CT molecular complexity index is 769. The van der Waals surface area contributed by atoms with E-state index in [9.17, 15) is 14.4 Å². The standard InChI is InChI=1S/C21H30N4O5/c1-13(26)23-18-11-15(22-12-14-3-6-16(30-2)7-4-14)5-8-19(18)25-10-9-17(20(25)27)24-21(28)29/h3-4,6-7,15,17-19,22,24H,5,8-12H2,1-2H3,(H,23,26)(H,28,29)/t15-,17+,18-,19+/m1/s1. The minimum atomic E-state index is -1.19. The van der Waals surface area contributed by atoms with Gasteiger partial charge in [-0.1, -0.05) is 12.1 Å². The quantitative estimate of drug-likeness (QED) is 0.526. The third kappa shape index (κ3) is 5.41. The molecule has 0 bridgehead atoms. The SMILES string of the molecule is COc1ccc(CN[C@@H]2CC[C@H](N3CC[C@H](NC(=O)O)C3=O)[C@H](NC(C)=O)C2)cc1. The number of carboxylic acid groups (broad SMARTS) is 1.